The quantitative estimate of drug-likeness (QED) is 0.0214. The molecule has 3 aliphatic rings. The summed E-state index contributed by atoms with van der Waals surface area (Å²) in [5.74, 6) is -2.49. The molecule has 672 valence electrons. The van der Waals surface area contributed by atoms with E-state index in [4.69, 9.17) is 33.2 Å². The highest BCUT2D eigenvalue weighted by Crippen LogP contribution is 2.37. The Morgan fingerprint density at radius 1 is 0.462 bits per heavy atom. The number of anilines is 4. The molecule has 16 aromatic rings. The Morgan fingerprint density at radius 3 is 1.48 bits per heavy atom. The first-order valence-electron chi connectivity index (χ1n) is 41.8. The van der Waals surface area contributed by atoms with E-state index in [-0.39, 0.29) is 81.6 Å². The molecule has 7 N–H and O–H groups in total. The summed E-state index contributed by atoms with van der Waals surface area (Å²) in [5.41, 5.74) is 10.9. The van der Waals surface area contributed by atoms with Crippen molar-refractivity contribution in [1.29, 1.82) is 0 Å². The predicted molar refractivity (Wildman–Crippen MR) is 474 cm³/mol. The maximum absolute atomic E-state index is 14.7. The number of halogens is 3. The number of nitrogens with one attached hydrogen (secondary N) is 7. The van der Waals surface area contributed by atoms with Crippen LogP contribution in [0, 0.1) is 17.5 Å². The van der Waals surface area contributed by atoms with Gasteiger partial charge in [-0.1, -0.05) is 30.3 Å². The Kier molecular flexibility index (Phi) is 28.9. The Balaban J connectivity index is 0.000000129. The summed E-state index contributed by atoms with van der Waals surface area (Å²) in [6.45, 7) is 6.91. The Labute approximate surface area is 750 Å². The number of ether oxygens (including phenoxy) is 7. The summed E-state index contributed by atoms with van der Waals surface area (Å²) in [6.07, 6.45) is 27.3. The summed E-state index contributed by atoms with van der Waals surface area (Å²) in [6, 6.07) is 37.2. The molecule has 0 spiro atoms. The standard InChI is InChI=1S/C25H25F2N7O2.C24H23FN6O3.2C21H19N7O3/c1-2-36-18-8-6-17(7-9-18)34-14-22(24(33-34)23-19(27)10-16(26)13-28-23)32-25(35)21-5-3-4-20(31-21)15-11-29-30-12-15;1-33-13-14-34-12-11-31-16-22(23(30-31)20-5-2-3-9-27-20)29-24(32)21-7-4-6-19(28-21)17-8-10-26-15-18(17)25;1-28-10-19(20(27-28)17-6-5-14(9-22-17)31-15-11-30-12-15)26-21(29)18-4-2-3-16(25-18)13-7-23-24-8-13;1-28-10-19(20(27-28)17-6-5-13(9-22-17)31-14-11-30-12-14)25-21(29)18-4-2-3-15(24-18)16-7-8-23-26-16/h3-5,10-14,17-18H,2,6-9H2,1H3,(H,29,30)(H,32,35);2-10,15-16H,11-14H2,1H3,(H,29,32);2-10,15H,11-12H2,1H3,(H,23,24)(H,26,29);2-10,14H,11-12H2,1H3,(H,23,26)(H,25,29). The minimum absolute atomic E-state index is 0.0529. The van der Waals surface area contributed by atoms with Gasteiger partial charge in [-0.05, 0) is 130 Å². The number of amides is 4. The van der Waals surface area contributed by atoms with Gasteiger partial charge in [0.25, 0.3) is 23.6 Å². The van der Waals surface area contributed by atoms with Crippen molar-refractivity contribution < 1.29 is 65.5 Å². The topological polar surface area (TPSA) is 454 Å². The number of aromatic amines is 3. The van der Waals surface area contributed by atoms with Crippen molar-refractivity contribution in [3.63, 3.8) is 0 Å². The summed E-state index contributed by atoms with van der Waals surface area (Å²) in [4.78, 5) is 90.4. The fraction of sp³-hybridized carbons (Fsp3) is 0.231. The third-order valence-electron chi connectivity index (χ3n) is 20.5. The molecule has 0 unspecified atom stereocenters. The number of aryl methyl sites for hydroxylation is 2. The molecule has 19 rings (SSSR count). The predicted octanol–water partition coefficient (Wildman–Crippen LogP) is 12.8. The zero-order valence-corrected chi connectivity index (χ0v) is 71.4. The molecule has 1 aliphatic carbocycles. The molecule has 1 saturated carbocycles. The fourth-order valence-corrected chi connectivity index (χ4v) is 13.9. The largest absolute Gasteiger partial charge is 0.484 e. The highest BCUT2D eigenvalue weighted by molar-refractivity contribution is 6.07. The number of carbonyl (C=O) groups excluding carboxylic acids is 4. The van der Waals surface area contributed by atoms with Crippen LogP contribution in [-0.4, -0.2) is 216 Å². The lowest BCUT2D eigenvalue weighted by atomic mass is 9.93. The Hall–Kier alpha value is -16.1. The van der Waals surface area contributed by atoms with Gasteiger partial charge in [-0.2, -0.15) is 35.7 Å². The van der Waals surface area contributed by atoms with E-state index in [9.17, 15) is 32.3 Å². The van der Waals surface area contributed by atoms with E-state index in [1.165, 1.54) is 12.3 Å². The van der Waals surface area contributed by atoms with Crippen LogP contribution >= 0.6 is 0 Å². The maximum Gasteiger partial charge on any atom is 0.274 e. The molecule has 2 aliphatic heterocycles. The number of rotatable bonds is 29. The lowest BCUT2D eigenvalue weighted by Crippen LogP contribution is -2.38. The average Bonchev–Trinajstić information content (AvgIpc) is 1.64. The van der Waals surface area contributed by atoms with Gasteiger partial charge in [0.1, 0.15) is 80.8 Å². The molecule has 2 saturated heterocycles. The van der Waals surface area contributed by atoms with E-state index in [1.54, 1.807) is 187 Å². The van der Waals surface area contributed by atoms with E-state index in [0.717, 1.165) is 61.0 Å². The minimum atomic E-state index is -0.865. The molecule has 0 bridgehead atoms. The molecule has 41 heteroatoms. The van der Waals surface area contributed by atoms with Crippen molar-refractivity contribution >= 4 is 46.4 Å². The highest BCUT2D eigenvalue weighted by Gasteiger charge is 2.30. The monoisotopic (exact) mass is 1790 g/mol. The van der Waals surface area contributed by atoms with Crippen LogP contribution in [0.5, 0.6) is 11.5 Å². The first kappa shape index (κ1) is 89.3. The van der Waals surface area contributed by atoms with Crippen molar-refractivity contribution in [2.75, 3.05) is 81.2 Å². The zero-order chi connectivity index (χ0) is 91.2. The Bertz CT molecular complexity index is 6380. The number of carbonyl (C=O) groups is 4. The lowest BCUT2D eigenvalue weighted by Gasteiger charge is -2.28. The molecule has 3 fully saturated rings. The SMILES string of the molecule is CCOC1CCC(n2cc(NC(=O)c3cccc(-c4cn[nH]c4)n3)c(-c3ncc(F)cc3F)n2)CC1.COCCOCCn1cc(NC(=O)c2cccc(-c3ccncc3F)n2)c(-c2ccccn2)n1.Cn1cc(NC(=O)c2cccc(-c3ccn[nH]3)n2)c(-c2ccc(OC3COC3)cn2)n1.Cn1cc(NC(=O)c2cccc(-c3cn[nH]c3)n2)c(-c2ccc(OC3COC3)cn2)n1. The molecule has 0 aromatic carbocycles. The smallest absolute Gasteiger partial charge is 0.274 e. The van der Waals surface area contributed by atoms with Gasteiger partial charge in [0.15, 0.2) is 11.6 Å². The fourth-order valence-electron chi connectivity index (χ4n) is 13.9. The van der Waals surface area contributed by atoms with Gasteiger partial charge in [0.2, 0.25) is 0 Å². The number of pyridine rings is 9. The van der Waals surface area contributed by atoms with Crippen LogP contribution in [-0.2, 0) is 44.3 Å². The van der Waals surface area contributed by atoms with Gasteiger partial charge in [0.05, 0.1) is 170 Å². The number of nitrogens with zero attached hydrogens (tertiary/aromatic N) is 20. The van der Waals surface area contributed by atoms with Crippen molar-refractivity contribution in [3.05, 3.63) is 267 Å². The van der Waals surface area contributed by atoms with Crippen LogP contribution in [0.2, 0.25) is 0 Å². The number of H-pyrrole nitrogens is 3. The van der Waals surface area contributed by atoms with Crippen LogP contribution in [0.15, 0.2) is 226 Å². The van der Waals surface area contributed by atoms with Crippen LogP contribution in [0.3, 0.4) is 0 Å². The number of methoxy groups -OCH3 is 1. The van der Waals surface area contributed by atoms with Crippen LogP contribution in [0.25, 0.3) is 90.7 Å². The van der Waals surface area contributed by atoms with Crippen molar-refractivity contribution in [2.45, 2.75) is 63.5 Å². The van der Waals surface area contributed by atoms with Gasteiger partial charge in [-0.25, -0.2) is 38.1 Å². The molecule has 132 heavy (non-hydrogen) atoms. The van der Waals surface area contributed by atoms with E-state index in [2.05, 4.69) is 117 Å². The molecular formula is C91H86F3N27O11. The van der Waals surface area contributed by atoms with E-state index in [1.807, 2.05) is 55.5 Å². The lowest BCUT2D eigenvalue weighted by molar-refractivity contribution is -0.0797. The number of aromatic nitrogens is 23. The van der Waals surface area contributed by atoms with Gasteiger partial charge in [-0.3, -0.25) is 73.1 Å². The highest BCUT2D eigenvalue weighted by atomic mass is 19.1. The normalized spacial score (nSPS) is 14.0. The maximum atomic E-state index is 14.7. The Morgan fingerprint density at radius 2 is 0.992 bits per heavy atom. The molecule has 16 aromatic heterocycles. The second kappa shape index (κ2) is 42.7. The van der Waals surface area contributed by atoms with Crippen molar-refractivity contribution in [3.8, 4) is 102 Å². The first-order chi connectivity index (χ1) is 64.5. The molecular weight excluding hydrogens is 1700 g/mol. The molecule has 0 radical (unpaired) electrons. The number of hydrogen-bond donors (Lipinski definition) is 7. The second-order valence-electron chi connectivity index (χ2n) is 29.9. The minimum Gasteiger partial charge on any atom is -0.484 e. The number of hydrogen-bond acceptors (Lipinski definition) is 27. The van der Waals surface area contributed by atoms with Crippen LogP contribution < -0.4 is 30.7 Å². The van der Waals surface area contributed by atoms with Gasteiger partial charge < -0.3 is 54.4 Å². The van der Waals surface area contributed by atoms with Crippen molar-refractivity contribution in [2.24, 2.45) is 14.1 Å². The van der Waals surface area contributed by atoms with E-state index >= 15 is 0 Å². The van der Waals surface area contributed by atoms with Crippen molar-refractivity contribution in [1.82, 2.24) is 115 Å². The third kappa shape index (κ3) is 22.7. The summed E-state index contributed by atoms with van der Waals surface area (Å²) >= 11 is 0. The third-order valence-corrected chi connectivity index (χ3v) is 20.5. The average molecular weight is 1790 g/mol. The molecule has 18 heterocycles. The van der Waals surface area contributed by atoms with Crippen LogP contribution in [0.4, 0.5) is 35.9 Å². The zero-order valence-electron chi connectivity index (χ0n) is 71.4. The second-order valence-corrected chi connectivity index (χ2v) is 29.9. The van der Waals surface area contributed by atoms with E-state index in [0.29, 0.717) is 145 Å². The molecule has 38 nitrogen and oxygen atoms in total. The summed E-state index contributed by atoms with van der Waals surface area (Å²) in [7, 11) is 5.18. The summed E-state index contributed by atoms with van der Waals surface area (Å²) < 4.78 is 86.9. The van der Waals surface area contributed by atoms with Gasteiger partial charge >= 0.3 is 0 Å². The van der Waals surface area contributed by atoms with E-state index < -0.39 is 29.3 Å². The molecule has 4 amide bonds. The summed E-state index contributed by atoms with van der Waals surface area (Å²) in [5, 5.41) is 49.5. The van der Waals surface area contributed by atoms with Gasteiger partial charge in [-0.15, -0.1) is 0 Å². The first-order valence-corrected chi connectivity index (χ1v) is 41.8. The van der Waals surface area contributed by atoms with Crippen LogP contribution in [0.1, 0.15) is 80.6 Å². The van der Waals surface area contributed by atoms with Gasteiger partial charge in [0, 0.05) is 106 Å². The molecule has 0 atom stereocenters.